The molecule has 14 heavy (non-hydrogen) atoms. The first-order chi connectivity index (χ1) is 6.78. The molecule has 0 saturated heterocycles. The van der Waals surface area contributed by atoms with Crippen molar-refractivity contribution in [2.45, 2.75) is 39.5 Å². The first-order valence-corrected chi connectivity index (χ1v) is 5.28. The van der Waals surface area contributed by atoms with Crippen LogP contribution in [0.5, 0.6) is 0 Å². The first kappa shape index (κ1) is 13.0. The van der Waals surface area contributed by atoms with Crippen LogP contribution < -0.4 is 0 Å². The van der Waals surface area contributed by atoms with Crippen molar-refractivity contribution in [1.82, 2.24) is 0 Å². The third-order valence-corrected chi connectivity index (χ3v) is 2.40. The first-order valence-electron chi connectivity index (χ1n) is 5.28. The lowest BCUT2D eigenvalue weighted by atomic mass is 10.0. The molecular weight excluding hydrogens is 168 g/mol. The molecular formula is C14H22. The van der Waals surface area contributed by atoms with Crippen LogP contribution in [0.1, 0.15) is 39.5 Å². The predicted octanol–water partition coefficient (Wildman–Crippen LogP) is 4.81. The quantitative estimate of drug-likeness (QED) is 0.505. The highest BCUT2D eigenvalue weighted by Crippen LogP contribution is 2.17. The van der Waals surface area contributed by atoms with E-state index < -0.39 is 0 Å². The van der Waals surface area contributed by atoms with Crippen LogP contribution in [0.2, 0.25) is 0 Å². The van der Waals surface area contributed by atoms with Gasteiger partial charge in [-0.05, 0) is 39.5 Å². The van der Waals surface area contributed by atoms with Gasteiger partial charge in [0.2, 0.25) is 0 Å². The second-order valence-electron chi connectivity index (χ2n) is 3.38. The topological polar surface area (TPSA) is 0 Å². The Morgan fingerprint density at radius 1 is 0.857 bits per heavy atom. The Kier molecular flexibility index (Phi) is 7.92. The molecule has 78 valence electrons. The summed E-state index contributed by atoms with van der Waals surface area (Å²) in [5, 5.41) is 0. The standard InChI is InChI=1S/C14H22/c1-5-9-13(7-3)11-12-14(8-4)10-6-2/h5-8H,1-2,9-12H2,3-4H3. The fourth-order valence-corrected chi connectivity index (χ4v) is 1.42. The van der Waals surface area contributed by atoms with E-state index in [1.165, 1.54) is 11.1 Å². The molecule has 0 aromatic carbocycles. The largest absolute Gasteiger partial charge is 0.103 e. The van der Waals surface area contributed by atoms with E-state index in [1.54, 1.807) is 0 Å². The molecule has 0 fully saturated rings. The Balaban J connectivity index is 4.00. The number of hydrogen-bond acceptors (Lipinski definition) is 0. The molecule has 0 aliphatic heterocycles. The highest BCUT2D eigenvalue weighted by Gasteiger charge is 1.97. The van der Waals surface area contributed by atoms with Gasteiger partial charge in [0, 0.05) is 0 Å². The zero-order valence-corrected chi connectivity index (χ0v) is 9.55. The zero-order chi connectivity index (χ0) is 10.8. The van der Waals surface area contributed by atoms with Gasteiger partial charge in [0.1, 0.15) is 0 Å². The van der Waals surface area contributed by atoms with Gasteiger partial charge in [0.05, 0.1) is 0 Å². The van der Waals surface area contributed by atoms with E-state index in [4.69, 9.17) is 0 Å². The van der Waals surface area contributed by atoms with Crippen LogP contribution in [0.25, 0.3) is 0 Å². The predicted molar refractivity (Wildman–Crippen MR) is 66.4 cm³/mol. The lowest BCUT2D eigenvalue weighted by Gasteiger charge is -2.06. The highest BCUT2D eigenvalue weighted by atomic mass is 14.0. The van der Waals surface area contributed by atoms with Crippen LogP contribution >= 0.6 is 0 Å². The Labute approximate surface area is 88.7 Å². The molecule has 0 amide bonds. The molecule has 0 aromatic rings. The van der Waals surface area contributed by atoms with Crippen molar-refractivity contribution < 1.29 is 0 Å². The maximum Gasteiger partial charge on any atom is -0.0142 e. The molecule has 0 rings (SSSR count). The summed E-state index contributed by atoms with van der Waals surface area (Å²) in [4.78, 5) is 0. The van der Waals surface area contributed by atoms with Crippen molar-refractivity contribution in [2.75, 3.05) is 0 Å². The molecule has 0 unspecified atom stereocenters. The Bertz CT molecular complexity index is 202. The molecule has 0 saturated carbocycles. The Hall–Kier alpha value is -1.04. The second-order valence-corrected chi connectivity index (χ2v) is 3.38. The summed E-state index contributed by atoms with van der Waals surface area (Å²) in [5.41, 5.74) is 2.95. The summed E-state index contributed by atoms with van der Waals surface area (Å²) < 4.78 is 0. The lowest BCUT2D eigenvalue weighted by molar-refractivity contribution is 0.871. The molecule has 0 N–H and O–H groups in total. The fraction of sp³-hybridized carbons (Fsp3) is 0.429. The second kappa shape index (κ2) is 8.55. The number of hydrogen-bond donors (Lipinski definition) is 0. The monoisotopic (exact) mass is 190 g/mol. The van der Waals surface area contributed by atoms with Gasteiger partial charge < -0.3 is 0 Å². The van der Waals surface area contributed by atoms with Crippen molar-refractivity contribution in [3.05, 3.63) is 48.6 Å². The molecule has 0 heteroatoms. The van der Waals surface area contributed by atoms with Gasteiger partial charge in [-0.3, -0.25) is 0 Å². The minimum atomic E-state index is 1.02. The van der Waals surface area contributed by atoms with Crippen molar-refractivity contribution in [3.8, 4) is 0 Å². The summed E-state index contributed by atoms with van der Waals surface area (Å²) in [6.07, 6.45) is 12.7. The molecule has 0 bridgehead atoms. The summed E-state index contributed by atoms with van der Waals surface area (Å²) in [5.74, 6) is 0. The van der Waals surface area contributed by atoms with E-state index >= 15 is 0 Å². The summed E-state index contributed by atoms with van der Waals surface area (Å²) >= 11 is 0. The molecule has 0 heterocycles. The average molecular weight is 190 g/mol. The Morgan fingerprint density at radius 3 is 1.43 bits per heavy atom. The lowest BCUT2D eigenvalue weighted by Crippen LogP contribution is -1.86. The summed E-state index contributed by atoms with van der Waals surface area (Å²) in [6.45, 7) is 11.7. The van der Waals surface area contributed by atoms with Crippen LogP contribution in [-0.2, 0) is 0 Å². The van der Waals surface area contributed by atoms with E-state index in [1.807, 2.05) is 12.2 Å². The maximum atomic E-state index is 3.76. The minimum absolute atomic E-state index is 1.02. The molecule has 0 aliphatic rings. The van der Waals surface area contributed by atoms with Gasteiger partial charge in [0.25, 0.3) is 0 Å². The van der Waals surface area contributed by atoms with Gasteiger partial charge in [-0.25, -0.2) is 0 Å². The van der Waals surface area contributed by atoms with Crippen molar-refractivity contribution in [1.29, 1.82) is 0 Å². The third kappa shape index (κ3) is 5.58. The van der Waals surface area contributed by atoms with Gasteiger partial charge >= 0.3 is 0 Å². The van der Waals surface area contributed by atoms with E-state index in [0.717, 1.165) is 25.7 Å². The van der Waals surface area contributed by atoms with Gasteiger partial charge in [-0.1, -0.05) is 35.5 Å². The molecule has 0 radical (unpaired) electrons. The highest BCUT2D eigenvalue weighted by molar-refractivity contribution is 5.11. The number of allylic oxidation sites excluding steroid dienone is 6. The van der Waals surface area contributed by atoms with Crippen LogP contribution in [0.15, 0.2) is 48.6 Å². The van der Waals surface area contributed by atoms with E-state index in [0.29, 0.717) is 0 Å². The Morgan fingerprint density at radius 2 is 1.21 bits per heavy atom. The molecule has 0 aromatic heterocycles. The summed E-state index contributed by atoms with van der Waals surface area (Å²) in [7, 11) is 0. The minimum Gasteiger partial charge on any atom is -0.103 e. The fourth-order valence-electron chi connectivity index (χ4n) is 1.42. The normalized spacial score (nSPS) is 12.7. The van der Waals surface area contributed by atoms with Crippen LogP contribution in [0.3, 0.4) is 0 Å². The van der Waals surface area contributed by atoms with E-state index in [-0.39, 0.29) is 0 Å². The van der Waals surface area contributed by atoms with Crippen molar-refractivity contribution in [2.24, 2.45) is 0 Å². The SMILES string of the molecule is C=CCC(=CC)CCC(=CC)CC=C. The average Bonchev–Trinajstić information content (AvgIpc) is 2.22. The van der Waals surface area contributed by atoms with Crippen LogP contribution in [-0.4, -0.2) is 0 Å². The van der Waals surface area contributed by atoms with Crippen LogP contribution in [0.4, 0.5) is 0 Å². The molecule has 0 nitrogen and oxygen atoms in total. The smallest absolute Gasteiger partial charge is 0.0142 e. The van der Waals surface area contributed by atoms with Crippen molar-refractivity contribution in [3.63, 3.8) is 0 Å². The van der Waals surface area contributed by atoms with Crippen molar-refractivity contribution >= 4 is 0 Å². The maximum absolute atomic E-state index is 3.76. The van der Waals surface area contributed by atoms with Gasteiger partial charge in [-0.15, -0.1) is 13.2 Å². The van der Waals surface area contributed by atoms with E-state index in [9.17, 15) is 0 Å². The summed E-state index contributed by atoms with van der Waals surface area (Å²) in [6, 6.07) is 0. The molecule has 0 aliphatic carbocycles. The van der Waals surface area contributed by atoms with Crippen LogP contribution in [0, 0.1) is 0 Å². The zero-order valence-electron chi connectivity index (χ0n) is 9.55. The number of rotatable bonds is 7. The van der Waals surface area contributed by atoms with Gasteiger partial charge in [-0.2, -0.15) is 0 Å². The molecule has 0 spiro atoms. The third-order valence-electron chi connectivity index (χ3n) is 2.40. The van der Waals surface area contributed by atoms with E-state index in [2.05, 4.69) is 39.2 Å². The molecule has 0 atom stereocenters. The van der Waals surface area contributed by atoms with Gasteiger partial charge in [0.15, 0.2) is 0 Å².